The molecule has 7 nitrogen and oxygen atoms in total. The number of ether oxygens (including phenoxy) is 1. The van der Waals surface area contributed by atoms with E-state index in [1.54, 1.807) is 38.1 Å². The maximum atomic E-state index is 13.0. The molecule has 170 valence electrons. The number of esters is 1. The third kappa shape index (κ3) is 5.26. The molecule has 0 saturated carbocycles. The highest BCUT2D eigenvalue weighted by molar-refractivity contribution is 7.89. The molecule has 0 aliphatic rings. The molecule has 0 unspecified atom stereocenters. The van der Waals surface area contributed by atoms with Gasteiger partial charge < -0.3 is 9.15 Å². The summed E-state index contributed by atoms with van der Waals surface area (Å²) in [4.78, 5) is 24.8. The molecule has 1 aromatic heterocycles. The maximum Gasteiger partial charge on any atom is 0.336 e. The fourth-order valence-corrected chi connectivity index (χ4v) is 4.62. The fraction of sp³-hybridized carbons (Fsp3) is 0.333. The summed E-state index contributed by atoms with van der Waals surface area (Å²) in [6.45, 7) is 9.11. The molecule has 1 atom stereocenters. The molecule has 2 aromatic carbocycles. The lowest BCUT2D eigenvalue weighted by atomic mass is 10.0. The molecule has 1 N–H and O–H groups in total. The van der Waals surface area contributed by atoms with Crippen LogP contribution in [0.25, 0.3) is 11.0 Å². The molecule has 1 heterocycles. The van der Waals surface area contributed by atoms with Crippen LogP contribution in [0.1, 0.15) is 37.0 Å². The van der Waals surface area contributed by atoms with Crippen LogP contribution < -0.4 is 15.1 Å². The van der Waals surface area contributed by atoms with Crippen molar-refractivity contribution in [2.75, 3.05) is 0 Å². The van der Waals surface area contributed by atoms with Gasteiger partial charge in [0.25, 0.3) is 0 Å². The fourth-order valence-electron chi connectivity index (χ4n) is 3.43. The molecule has 32 heavy (non-hydrogen) atoms. The zero-order valence-electron chi connectivity index (χ0n) is 18.8. The minimum atomic E-state index is -3.93. The van der Waals surface area contributed by atoms with Crippen molar-refractivity contribution in [3.8, 4) is 5.75 Å². The molecule has 0 spiro atoms. The van der Waals surface area contributed by atoms with Crippen LogP contribution in [0.15, 0.2) is 56.6 Å². The highest BCUT2D eigenvalue weighted by Gasteiger charge is 2.29. The van der Waals surface area contributed by atoms with Crippen LogP contribution in [-0.2, 0) is 14.8 Å². The molecule has 0 amide bonds. The Labute approximate surface area is 187 Å². The second kappa shape index (κ2) is 9.26. The van der Waals surface area contributed by atoms with Gasteiger partial charge in [-0.15, -0.1) is 0 Å². The number of benzene rings is 2. The molecular weight excluding hydrogens is 430 g/mol. The van der Waals surface area contributed by atoms with Crippen molar-refractivity contribution in [3.63, 3.8) is 0 Å². The minimum Gasteiger partial charge on any atom is -0.425 e. The first-order chi connectivity index (χ1) is 15.0. The van der Waals surface area contributed by atoms with Gasteiger partial charge in [-0.25, -0.2) is 18.0 Å². The Morgan fingerprint density at radius 3 is 2.34 bits per heavy atom. The summed E-state index contributed by atoms with van der Waals surface area (Å²) in [7, 11) is -3.93. The lowest BCUT2D eigenvalue weighted by molar-refractivity contribution is -0.136. The van der Waals surface area contributed by atoms with Crippen molar-refractivity contribution in [2.45, 2.75) is 52.0 Å². The van der Waals surface area contributed by atoms with E-state index in [1.807, 2.05) is 20.8 Å². The Morgan fingerprint density at radius 2 is 1.72 bits per heavy atom. The van der Waals surface area contributed by atoms with Gasteiger partial charge in [0.1, 0.15) is 17.4 Å². The zero-order valence-corrected chi connectivity index (χ0v) is 19.6. The minimum absolute atomic E-state index is 0.0339. The number of sulfonamides is 1. The van der Waals surface area contributed by atoms with E-state index < -0.39 is 27.7 Å². The van der Waals surface area contributed by atoms with Crippen molar-refractivity contribution < 1.29 is 22.4 Å². The number of aryl methyl sites for hydroxylation is 3. The largest absolute Gasteiger partial charge is 0.425 e. The van der Waals surface area contributed by atoms with Gasteiger partial charge in [0.05, 0.1) is 4.90 Å². The molecule has 3 aromatic rings. The summed E-state index contributed by atoms with van der Waals surface area (Å²) < 4.78 is 39.0. The average molecular weight is 458 g/mol. The number of hydrogen-bond donors (Lipinski definition) is 1. The van der Waals surface area contributed by atoms with Crippen molar-refractivity contribution >= 4 is 27.0 Å². The van der Waals surface area contributed by atoms with Gasteiger partial charge in [-0.05, 0) is 62.9 Å². The Balaban J connectivity index is 1.90. The molecule has 8 heteroatoms. The standard InChI is InChI=1S/C24H27NO6S/c1-14(2)12-20(25-32(28,29)18-8-6-15(3)7-9-18)24(27)30-21-11-10-19-16(4)13-22(26)31-23(19)17(21)5/h6-11,13-14,20,25H,12H2,1-5H3/t20-/m0/s1. The lowest BCUT2D eigenvalue weighted by Gasteiger charge is -2.20. The van der Waals surface area contributed by atoms with Crippen molar-refractivity contribution in [1.82, 2.24) is 4.72 Å². The average Bonchev–Trinajstić information content (AvgIpc) is 2.69. The first-order valence-electron chi connectivity index (χ1n) is 10.3. The van der Waals surface area contributed by atoms with Crippen LogP contribution in [-0.4, -0.2) is 20.4 Å². The third-order valence-electron chi connectivity index (χ3n) is 5.15. The normalized spacial score (nSPS) is 12.8. The van der Waals surface area contributed by atoms with E-state index in [0.717, 1.165) is 16.5 Å². The predicted octanol–water partition coefficient (Wildman–Crippen LogP) is 4.02. The molecule has 0 aliphatic carbocycles. The van der Waals surface area contributed by atoms with Gasteiger partial charge in [0.2, 0.25) is 10.0 Å². The highest BCUT2D eigenvalue weighted by atomic mass is 32.2. The van der Waals surface area contributed by atoms with Crippen molar-refractivity contribution in [2.24, 2.45) is 5.92 Å². The Morgan fingerprint density at radius 1 is 1.06 bits per heavy atom. The van der Waals surface area contributed by atoms with Crippen LogP contribution in [0.3, 0.4) is 0 Å². The topological polar surface area (TPSA) is 103 Å². The van der Waals surface area contributed by atoms with Gasteiger partial charge in [0, 0.05) is 17.0 Å². The Hall–Kier alpha value is -2.97. The summed E-state index contributed by atoms with van der Waals surface area (Å²) in [6.07, 6.45) is 0.255. The summed E-state index contributed by atoms with van der Waals surface area (Å²) in [5, 5.41) is 0.737. The highest BCUT2D eigenvalue weighted by Crippen LogP contribution is 2.28. The molecule has 0 fully saturated rings. The van der Waals surface area contributed by atoms with Crippen molar-refractivity contribution in [1.29, 1.82) is 0 Å². The smallest absolute Gasteiger partial charge is 0.336 e. The Kier molecular flexibility index (Phi) is 6.85. The second-order valence-corrected chi connectivity index (χ2v) is 10.1. The van der Waals surface area contributed by atoms with Gasteiger partial charge in [-0.3, -0.25) is 0 Å². The van der Waals surface area contributed by atoms with E-state index in [-0.39, 0.29) is 23.0 Å². The van der Waals surface area contributed by atoms with E-state index >= 15 is 0 Å². The first kappa shape index (κ1) is 23.7. The monoisotopic (exact) mass is 457 g/mol. The quantitative estimate of drug-likeness (QED) is 0.327. The zero-order chi connectivity index (χ0) is 23.6. The van der Waals surface area contributed by atoms with Crippen LogP contribution >= 0.6 is 0 Å². The van der Waals surface area contributed by atoms with Gasteiger partial charge in [-0.2, -0.15) is 4.72 Å². The summed E-state index contributed by atoms with van der Waals surface area (Å²) >= 11 is 0. The third-order valence-corrected chi connectivity index (χ3v) is 6.64. The molecule has 0 bridgehead atoms. The number of nitrogens with one attached hydrogen (secondary N) is 1. The summed E-state index contributed by atoms with van der Waals surface area (Å²) in [5.74, 6) is -0.488. The molecule has 0 saturated heterocycles. The van der Waals surface area contributed by atoms with Crippen LogP contribution in [0.4, 0.5) is 0 Å². The van der Waals surface area contributed by atoms with Crippen LogP contribution in [0.5, 0.6) is 5.75 Å². The number of carbonyl (C=O) groups excluding carboxylic acids is 1. The van der Waals surface area contributed by atoms with Crippen LogP contribution in [0.2, 0.25) is 0 Å². The molecule has 3 rings (SSSR count). The molecule has 0 radical (unpaired) electrons. The SMILES string of the molecule is Cc1ccc(S(=O)(=O)N[C@@H](CC(C)C)C(=O)Oc2ccc3c(C)cc(=O)oc3c2C)cc1. The molecular formula is C24H27NO6S. The lowest BCUT2D eigenvalue weighted by Crippen LogP contribution is -2.43. The maximum absolute atomic E-state index is 13.0. The number of fused-ring (bicyclic) bond motifs is 1. The van der Waals surface area contributed by atoms with E-state index in [2.05, 4.69) is 4.72 Å². The summed E-state index contributed by atoms with van der Waals surface area (Å²) in [6, 6.07) is 10.0. The van der Waals surface area contributed by atoms with E-state index in [1.165, 1.54) is 18.2 Å². The van der Waals surface area contributed by atoms with Gasteiger partial charge in [-0.1, -0.05) is 31.5 Å². The van der Waals surface area contributed by atoms with Gasteiger partial charge >= 0.3 is 11.6 Å². The molecule has 0 aliphatic heterocycles. The van der Waals surface area contributed by atoms with Gasteiger partial charge in [0.15, 0.2) is 0 Å². The van der Waals surface area contributed by atoms with E-state index in [4.69, 9.17) is 9.15 Å². The first-order valence-corrected chi connectivity index (χ1v) is 11.8. The Bertz CT molecular complexity index is 1310. The van der Waals surface area contributed by atoms with E-state index in [0.29, 0.717) is 11.1 Å². The van der Waals surface area contributed by atoms with E-state index in [9.17, 15) is 18.0 Å². The number of hydrogen-bond acceptors (Lipinski definition) is 6. The van der Waals surface area contributed by atoms with Crippen LogP contribution in [0, 0.1) is 26.7 Å². The number of carbonyl (C=O) groups is 1. The predicted molar refractivity (Wildman–Crippen MR) is 122 cm³/mol. The number of rotatable bonds is 7. The summed E-state index contributed by atoms with van der Waals surface area (Å²) in [5.41, 5.74) is 2.00. The second-order valence-electron chi connectivity index (χ2n) is 8.35. The van der Waals surface area contributed by atoms with Crippen molar-refractivity contribution in [3.05, 3.63) is 69.6 Å².